The van der Waals surface area contributed by atoms with Crippen molar-refractivity contribution in [2.75, 3.05) is 26.3 Å². The smallest absolute Gasteiger partial charge is 0.407 e. The third-order valence-corrected chi connectivity index (χ3v) is 4.02. The minimum absolute atomic E-state index is 0.177. The van der Waals surface area contributed by atoms with Gasteiger partial charge in [-0.3, -0.25) is 9.59 Å². The molecule has 0 fully saturated rings. The van der Waals surface area contributed by atoms with Gasteiger partial charge in [-0.05, 0) is 26.7 Å². The van der Waals surface area contributed by atoms with Crippen LogP contribution < -0.4 is 10.6 Å². The van der Waals surface area contributed by atoms with Crippen LogP contribution in [-0.4, -0.2) is 84.8 Å². The standard InChI is InChI=1S/C20H32N2O12/c1-13(17(26)27)33-18(28)14(2)34-20(30)22-10-6-4-3-5-9-21-19(29)32-12-8-16(25)31-11-7-15(23)24/h13-14H,3-12H2,1-2H3,(H,21,29)(H,22,30)(H,23,24)(H,26,27). The van der Waals surface area contributed by atoms with Crippen LogP contribution in [0, 0.1) is 0 Å². The Labute approximate surface area is 196 Å². The van der Waals surface area contributed by atoms with E-state index in [1.54, 1.807) is 0 Å². The molecular weight excluding hydrogens is 460 g/mol. The second-order valence-corrected chi connectivity index (χ2v) is 6.98. The fourth-order valence-corrected chi connectivity index (χ4v) is 2.16. The number of amides is 2. The Morgan fingerprint density at radius 2 is 1.26 bits per heavy atom. The number of rotatable bonds is 17. The van der Waals surface area contributed by atoms with Crippen LogP contribution in [0.4, 0.5) is 9.59 Å². The number of carboxylic acid groups (broad SMARTS) is 2. The van der Waals surface area contributed by atoms with Crippen molar-refractivity contribution in [2.45, 2.75) is 64.6 Å². The molecule has 0 aromatic rings. The molecule has 0 aliphatic carbocycles. The number of carboxylic acids is 2. The zero-order chi connectivity index (χ0) is 25.9. The molecule has 0 aliphatic heterocycles. The molecule has 0 aromatic carbocycles. The summed E-state index contributed by atoms with van der Waals surface area (Å²) in [6, 6.07) is 0. The Bertz CT molecular complexity index is 697. The largest absolute Gasteiger partial charge is 0.481 e. The van der Waals surface area contributed by atoms with Crippen molar-refractivity contribution in [3.8, 4) is 0 Å². The van der Waals surface area contributed by atoms with Crippen molar-refractivity contribution < 1.29 is 57.9 Å². The van der Waals surface area contributed by atoms with Crippen molar-refractivity contribution in [1.29, 1.82) is 0 Å². The molecule has 0 aliphatic rings. The van der Waals surface area contributed by atoms with Crippen molar-refractivity contribution in [3.63, 3.8) is 0 Å². The number of carbonyl (C=O) groups is 6. The van der Waals surface area contributed by atoms with Gasteiger partial charge in [-0.25, -0.2) is 19.2 Å². The number of nitrogens with one attached hydrogen (secondary N) is 2. The minimum atomic E-state index is -1.35. The van der Waals surface area contributed by atoms with E-state index in [1.807, 2.05) is 0 Å². The number of aliphatic carboxylic acids is 2. The van der Waals surface area contributed by atoms with Gasteiger partial charge in [-0.2, -0.15) is 0 Å². The summed E-state index contributed by atoms with van der Waals surface area (Å²) in [5, 5.41) is 22.1. The van der Waals surface area contributed by atoms with Gasteiger partial charge in [0, 0.05) is 13.1 Å². The third-order valence-electron chi connectivity index (χ3n) is 4.02. The van der Waals surface area contributed by atoms with E-state index in [2.05, 4.69) is 20.1 Å². The molecule has 0 spiro atoms. The molecule has 2 unspecified atom stereocenters. The number of ether oxygens (including phenoxy) is 4. The lowest BCUT2D eigenvalue weighted by Gasteiger charge is -2.15. The van der Waals surface area contributed by atoms with E-state index >= 15 is 0 Å². The lowest BCUT2D eigenvalue weighted by molar-refractivity contribution is -0.168. The van der Waals surface area contributed by atoms with Crippen LogP contribution in [0.1, 0.15) is 52.4 Å². The van der Waals surface area contributed by atoms with E-state index in [0.717, 1.165) is 12.8 Å². The first kappa shape index (κ1) is 30.4. The van der Waals surface area contributed by atoms with Gasteiger partial charge in [0.1, 0.15) is 13.2 Å². The van der Waals surface area contributed by atoms with Crippen LogP contribution in [0.5, 0.6) is 0 Å². The number of hydrogen-bond acceptors (Lipinski definition) is 10. The lowest BCUT2D eigenvalue weighted by Crippen LogP contribution is -2.35. The topological polar surface area (TPSA) is 204 Å². The highest BCUT2D eigenvalue weighted by atomic mass is 16.6. The van der Waals surface area contributed by atoms with Crippen LogP contribution in [-0.2, 0) is 38.1 Å². The first-order valence-electron chi connectivity index (χ1n) is 10.7. The van der Waals surface area contributed by atoms with Gasteiger partial charge in [0.2, 0.25) is 0 Å². The molecule has 0 bridgehead atoms. The van der Waals surface area contributed by atoms with E-state index in [-0.39, 0.29) is 26.1 Å². The molecule has 0 radical (unpaired) electrons. The second kappa shape index (κ2) is 17.9. The predicted octanol–water partition coefficient (Wildman–Crippen LogP) is 0.812. The monoisotopic (exact) mass is 492 g/mol. The quantitative estimate of drug-likeness (QED) is 0.126. The molecule has 34 heavy (non-hydrogen) atoms. The Morgan fingerprint density at radius 3 is 1.82 bits per heavy atom. The maximum Gasteiger partial charge on any atom is 0.407 e. The van der Waals surface area contributed by atoms with Gasteiger partial charge in [-0.15, -0.1) is 0 Å². The normalized spacial score (nSPS) is 11.9. The summed E-state index contributed by atoms with van der Waals surface area (Å²) in [6.07, 6.45) is -1.82. The van der Waals surface area contributed by atoms with Gasteiger partial charge in [-0.1, -0.05) is 12.8 Å². The van der Waals surface area contributed by atoms with Gasteiger partial charge >= 0.3 is 36.1 Å². The zero-order valence-electron chi connectivity index (χ0n) is 19.2. The highest BCUT2D eigenvalue weighted by molar-refractivity contribution is 5.81. The number of hydrogen-bond donors (Lipinski definition) is 4. The fraction of sp³-hybridized carbons (Fsp3) is 0.700. The van der Waals surface area contributed by atoms with Crippen LogP contribution in [0.3, 0.4) is 0 Å². The summed E-state index contributed by atoms with van der Waals surface area (Å²) in [7, 11) is 0. The molecule has 2 amide bonds. The Kier molecular flexibility index (Phi) is 16.0. The first-order valence-corrected chi connectivity index (χ1v) is 10.7. The number of alkyl carbamates (subject to hydrolysis) is 2. The van der Waals surface area contributed by atoms with Crippen LogP contribution in [0.2, 0.25) is 0 Å². The summed E-state index contributed by atoms with van der Waals surface area (Å²) >= 11 is 0. The second-order valence-electron chi connectivity index (χ2n) is 6.98. The van der Waals surface area contributed by atoms with Crippen molar-refractivity contribution in [2.24, 2.45) is 0 Å². The minimum Gasteiger partial charge on any atom is -0.481 e. The number of unbranched alkanes of at least 4 members (excludes halogenated alkanes) is 3. The van der Waals surface area contributed by atoms with Crippen LogP contribution >= 0.6 is 0 Å². The molecule has 0 heterocycles. The molecule has 14 heteroatoms. The van der Waals surface area contributed by atoms with Crippen LogP contribution in [0.15, 0.2) is 0 Å². The van der Waals surface area contributed by atoms with Crippen molar-refractivity contribution in [3.05, 3.63) is 0 Å². The third kappa shape index (κ3) is 17.0. The van der Waals surface area contributed by atoms with Gasteiger partial charge in [0.25, 0.3) is 0 Å². The van der Waals surface area contributed by atoms with Crippen molar-refractivity contribution >= 4 is 36.1 Å². The Balaban J connectivity index is 3.66. The van der Waals surface area contributed by atoms with E-state index in [4.69, 9.17) is 19.7 Å². The SMILES string of the molecule is CC(OC(=O)C(C)OC(=O)NCCCCCCNC(=O)OCCC(=O)OCCC(=O)O)C(=O)O. The highest BCUT2D eigenvalue weighted by Crippen LogP contribution is 2.01. The summed E-state index contributed by atoms with van der Waals surface area (Å²) in [5.74, 6) is -4.02. The van der Waals surface area contributed by atoms with E-state index in [0.29, 0.717) is 25.9 Å². The van der Waals surface area contributed by atoms with Crippen molar-refractivity contribution in [1.82, 2.24) is 10.6 Å². The maximum atomic E-state index is 11.6. The fourth-order valence-electron chi connectivity index (χ4n) is 2.16. The summed E-state index contributed by atoms with van der Waals surface area (Å²) in [6.45, 7) is 2.67. The molecule has 14 nitrogen and oxygen atoms in total. The van der Waals surface area contributed by atoms with E-state index in [9.17, 15) is 28.8 Å². The molecule has 2 atom stereocenters. The Hall–Kier alpha value is -3.58. The summed E-state index contributed by atoms with van der Waals surface area (Å²) in [5.41, 5.74) is 0. The van der Waals surface area contributed by atoms with Gasteiger partial charge in [0.05, 0.1) is 12.8 Å². The van der Waals surface area contributed by atoms with Gasteiger partial charge in [0.15, 0.2) is 12.2 Å². The van der Waals surface area contributed by atoms with Crippen LogP contribution in [0.25, 0.3) is 0 Å². The highest BCUT2D eigenvalue weighted by Gasteiger charge is 2.24. The number of carbonyl (C=O) groups excluding carboxylic acids is 4. The summed E-state index contributed by atoms with van der Waals surface area (Å²) in [4.78, 5) is 66.9. The van der Waals surface area contributed by atoms with E-state index < -0.39 is 48.3 Å². The number of esters is 2. The maximum absolute atomic E-state index is 11.6. The zero-order valence-corrected chi connectivity index (χ0v) is 19.2. The lowest BCUT2D eigenvalue weighted by atomic mass is 10.2. The molecule has 0 rings (SSSR count). The van der Waals surface area contributed by atoms with Gasteiger partial charge < -0.3 is 39.8 Å². The molecule has 0 aromatic heterocycles. The summed E-state index contributed by atoms with van der Waals surface area (Å²) < 4.78 is 18.9. The first-order chi connectivity index (χ1) is 16.0. The average Bonchev–Trinajstić information content (AvgIpc) is 2.74. The molecule has 0 saturated carbocycles. The molecule has 0 saturated heterocycles. The molecular formula is C20H32N2O12. The predicted molar refractivity (Wildman–Crippen MR) is 113 cm³/mol. The molecule has 4 N–H and O–H groups in total. The Morgan fingerprint density at radius 1 is 0.706 bits per heavy atom. The average molecular weight is 492 g/mol. The van der Waals surface area contributed by atoms with E-state index in [1.165, 1.54) is 13.8 Å². The molecule has 194 valence electrons.